The summed E-state index contributed by atoms with van der Waals surface area (Å²) in [5.74, 6) is -0.821. The van der Waals surface area contributed by atoms with Crippen LogP contribution in [0.5, 0.6) is 5.75 Å². The van der Waals surface area contributed by atoms with E-state index >= 15 is 0 Å². The Kier molecular flexibility index (Phi) is 4.85. The second-order valence-electron chi connectivity index (χ2n) is 4.57. The number of benzene rings is 1. The zero-order valence-electron chi connectivity index (χ0n) is 11.5. The van der Waals surface area contributed by atoms with Crippen molar-refractivity contribution < 1.29 is 22.4 Å². The fraction of sp³-hybridized carbons (Fsp3) is 0.286. The van der Waals surface area contributed by atoms with Crippen LogP contribution in [0.4, 0.5) is 3.89 Å². The van der Waals surface area contributed by atoms with Gasteiger partial charge in [-0.3, -0.25) is 4.79 Å². The standard InChI is InChI=1S/C14H14FNO4S/c1-9-7-11(14(18)19-2)16(8-9)13(17)10-5-3-4-6-12(10)20-21-15/h3-6,8,11H,7H2,1-2H3. The third-order valence-electron chi connectivity index (χ3n) is 3.16. The first kappa shape index (κ1) is 15.4. The van der Waals surface area contributed by atoms with Gasteiger partial charge in [-0.25, -0.2) is 4.79 Å². The largest absolute Gasteiger partial charge is 0.467 e. The Morgan fingerprint density at radius 1 is 1.38 bits per heavy atom. The average molecular weight is 311 g/mol. The number of amides is 1. The highest BCUT2D eigenvalue weighted by atomic mass is 32.2. The molecule has 1 aromatic rings. The normalized spacial score (nSPS) is 17.4. The van der Waals surface area contributed by atoms with Gasteiger partial charge in [0.1, 0.15) is 6.04 Å². The van der Waals surface area contributed by atoms with Gasteiger partial charge in [0, 0.05) is 12.6 Å². The summed E-state index contributed by atoms with van der Waals surface area (Å²) in [7, 11) is 1.27. The summed E-state index contributed by atoms with van der Waals surface area (Å²) >= 11 is -0.337. The minimum Gasteiger partial charge on any atom is -0.467 e. The summed E-state index contributed by atoms with van der Waals surface area (Å²) in [5.41, 5.74) is 1.07. The van der Waals surface area contributed by atoms with E-state index in [1.54, 1.807) is 18.3 Å². The fourth-order valence-electron chi connectivity index (χ4n) is 2.21. The molecular formula is C14H14FNO4S. The molecule has 0 saturated carbocycles. The van der Waals surface area contributed by atoms with Crippen LogP contribution in [0, 0.1) is 0 Å². The maximum atomic E-state index is 12.6. The van der Waals surface area contributed by atoms with Crippen molar-refractivity contribution >= 4 is 24.3 Å². The number of para-hydroxylation sites is 1. The SMILES string of the molecule is COC(=O)C1CC(C)=CN1C(=O)c1ccccc1OSF. The summed E-state index contributed by atoms with van der Waals surface area (Å²) in [5, 5.41) is 0. The molecule has 5 nitrogen and oxygen atoms in total. The molecule has 0 N–H and O–H groups in total. The van der Waals surface area contributed by atoms with Gasteiger partial charge < -0.3 is 13.8 Å². The minimum absolute atomic E-state index is 0.108. The van der Waals surface area contributed by atoms with Crippen molar-refractivity contribution in [2.75, 3.05) is 7.11 Å². The van der Waals surface area contributed by atoms with E-state index in [4.69, 9.17) is 8.92 Å². The first-order valence-corrected chi connectivity index (χ1v) is 6.84. The molecule has 1 unspecified atom stereocenters. The molecule has 0 aromatic heterocycles. The Labute approximate surface area is 126 Å². The van der Waals surface area contributed by atoms with Crippen LogP contribution < -0.4 is 4.18 Å². The number of methoxy groups -OCH3 is 1. The average Bonchev–Trinajstić information content (AvgIpc) is 2.88. The summed E-state index contributed by atoms with van der Waals surface area (Å²) in [6.07, 6.45) is 2.02. The van der Waals surface area contributed by atoms with Crippen LogP contribution in [0.2, 0.25) is 0 Å². The zero-order chi connectivity index (χ0) is 15.4. The Morgan fingerprint density at radius 3 is 2.76 bits per heavy atom. The van der Waals surface area contributed by atoms with Crippen molar-refractivity contribution in [3.63, 3.8) is 0 Å². The number of hydrogen-bond acceptors (Lipinski definition) is 5. The highest BCUT2D eigenvalue weighted by molar-refractivity contribution is 7.89. The topological polar surface area (TPSA) is 55.8 Å². The third-order valence-corrected chi connectivity index (χ3v) is 3.40. The van der Waals surface area contributed by atoms with Crippen molar-refractivity contribution in [2.45, 2.75) is 19.4 Å². The van der Waals surface area contributed by atoms with Crippen molar-refractivity contribution in [1.82, 2.24) is 4.90 Å². The van der Waals surface area contributed by atoms with Crippen LogP contribution in [-0.4, -0.2) is 29.9 Å². The highest BCUT2D eigenvalue weighted by Crippen LogP contribution is 2.29. The molecule has 21 heavy (non-hydrogen) atoms. The molecule has 1 amide bonds. The molecule has 1 aliphatic rings. The minimum atomic E-state index is -0.700. The van der Waals surface area contributed by atoms with Gasteiger partial charge in [-0.15, -0.1) is 3.89 Å². The lowest BCUT2D eigenvalue weighted by Gasteiger charge is -2.22. The smallest absolute Gasteiger partial charge is 0.329 e. The molecule has 0 fully saturated rings. The molecular weight excluding hydrogens is 297 g/mol. The maximum Gasteiger partial charge on any atom is 0.329 e. The first-order chi connectivity index (χ1) is 10.1. The summed E-state index contributed by atoms with van der Waals surface area (Å²) in [6, 6.07) is 5.57. The van der Waals surface area contributed by atoms with Crippen molar-refractivity contribution in [3.05, 3.63) is 41.6 Å². The Morgan fingerprint density at radius 2 is 2.10 bits per heavy atom. The molecule has 1 heterocycles. The summed E-state index contributed by atoms with van der Waals surface area (Å²) in [6.45, 7) is 1.82. The highest BCUT2D eigenvalue weighted by Gasteiger charge is 2.35. The van der Waals surface area contributed by atoms with E-state index in [1.807, 2.05) is 6.92 Å². The van der Waals surface area contributed by atoms with E-state index in [1.165, 1.54) is 24.1 Å². The molecule has 1 aromatic carbocycles. The number of carbonyl (C=O) groups is 2. The van der Waals surface area contributed by atoms with E-state index in [2.05, 4.69) is 0 Å². The molecule has 0 radical (unpaired) electrons. The first-order valence-electron chi connectivity index (χ1n) is 6.20. The number of esters is 1. The van der Waals surface area contributed by atoms with Gasteiger partial charge in [-0.05, 0) is 19.1 Å². The van der Waals surface area contributed by atoms with Gasteiger partial charge in [-0.2, -0.15) is 0 Å². The van der Waals surface area contributed by atoms with Crippen LogP contribution in [0.1, 0.15) is 23.7 Å². The lowest BCUT2D eigenvalue weighted by Crippen LogP contribution is -2.39. The van der Waals surface area contributed by atoms with Gasteiger partial charge in [0.25, 0.3) is 18.3 Å². The van der Waals surface area contributed by atoms with Gasteiger partial charge in [0.05, 0.1) is 12.7 Å². The Hall–Kier alpha value is -2.02. The van der Waals surface area contributed by atoms with Crippen molar-refractivity contribution in [1.29, 1.82) is 0 Å². The Balaban J connectivity index is 2.32. The van der Waals surface area contributed by atoms with E-state index in [0.29, 0.717) is 6.42 Å². The predicted molar refractivity (Wildman–Crippen MR) is 76.1 cm³/mol. The van der Waals surface area contributed by atoms with Crippen molar-refractivity contribution in [2.24, 2.45) is 0 Å². The molecule has 0 spiro atoms. The predicted octanol–water partition coefficient (Wildman–Crippen LogP) is 2.89. The van der Waals surface area contributed by atoms with E-state index in [9.17, 15) is 13.5 Å². The number of rotatable bonds is 4. The molecule has 0 aliphatic carbocycles. The van der Waals surface area contributed by atoms with Gasteiger partial charge >= 0.3 is 5.97 Å². The lowest BCUT2D eigenvalue weighted by atomic mass is 10.1. The second kappa shape index (κ2) is 6.62. The quantitative estimate of drug-likeness (QED) is 0.632. The number of halogens is 1. The zero-order valence-corrected chi connectivity index (χ0v) is 12.4. The monoisotopic (exact) mass is 311 g/mol. The number of ether oxygens (including phenoxy) is 1. The van der Waals surface area contributed by atoms with Gasteiger partial charge in [0.2, 0.25) is 0 Å². The maximum absolute atomic E-state index is 12.6. The molecule has 1 atom stereocenters. The summed E-state index contributed by atoms with van der Waals surface area (Å²) < 4.78 is 21.8. The molecule has 1 aliphatic heterocycles. The van der Waals surface area contributed by atoms with Crippen LogP contribution in [-0.2, 0) is 9.53 Å². The molecule has 2 rings (SSSR count). The molecule has 0 saturated heterocycles. The number of hydrogen-bond donors (Lipinski definition) is 0. The van der Waals surface area contributed by atoms with Crippen molar-refractivity contribution in [3.8, 4) is 5.75 Å². The van der Waals surface area contributed by atoms with Gasteiger partial charge in [0.15, 0.2) is 5.75 Å². The Bertz CT molecular complexity index is 590. The second-order valence-corrected chi connectivity index (χ2v) is 4.87. The lowest BCUT2D eigenvalue weighted by molar-refractivity contribution is -0.144. The van der Waals surface area contributed by atoms with E-state index in [0.717, 1.165) is 5.57 Å². The molecule has 7 heteroatoms. The molecule has 0 bridgehead atoms. The van der Waals surface area contributed by atoms with Gasteiger partial charge in [-0.1, -0.05) is 17.7 Å². The van der Waals surface area contributed by atoms with Crippen LogP contribution in [0.15, 0.2) is 36.0 Å². The number of carbonyl (C=O) groups excluding carboxylic acids is 2. The summed E-state index contributed by atoms with van der Waals surface area (Å²) in [4.78, 5) is 25.7. The fourth-order valence-corrected chi connectivity index (χ4v) is 2.42. The van der Waals surface area contributed by atoms with Crippen LogP contribution in [0.3, 0.4) is 0 Å². The molecule has 112 valence electrons. The van der Waals surface area contributed by atoms with E-state index in [-0.39, 0.29) is 23.7 Å². The number of nitrogens with zero attached hydrogens (tertiary/aromatic N) is 1. The third kappa shape index (κ3) is 3.18. The van der Waals surface area contributed by atoms with Crippen LogP contribution in [0.25, 0.3) is 0 Å². The van der Waals surface area contributed by atoms with Crippen LogP contribution >= 0.6 is 12.4 Å². The van der Waals surface area contributed by atoms with E-state index < -0.39 is 17.9 Å².